The summed E-state index contributed by atoms with van der Waals surface area (Å²) in [5.41, 5.74) is 1.39. The van der Waals surface area contributed by atoms with Crippen LogP contribution < -0.4 is 5.32 Å². The van der Waals surface area contributed by atoms with Crippen LogP contribution in [0.4, 0.5) is 9.59 Å². The van der Waals surface area contributed by atoms with Crippen molar-refractivity contribution >= 4 is 35.4 Å². The van der Waals surface area contributed by atoms with E-state index in [0.29, 0.717) is 58.9 Å². The molecule has 2 N–H and O–H groups in total. The van der Waals surface area contributed by atoms with Crippen molar-refractivity contribution in [1.82, 2.24) is 24.8 Å². The summed E-state index contributed by atoms with van der Waals surface area (Å²) < 4.78 is 13.2. The van der Waals surface area contributed by atoms with Gasteiger partial charge in [-0.2, -0.15) is 0 Å². The number of alkyl carbamates (subject to hydrolysis) is 1. The van der Waals surface area contributed by atoms with E-state index in [0.717, 1.165) is 18.5 Å². The maximum Gasteiger partial charge on any atom is 0.410 e. The van der Waals surface area contributed by atoms with Crippen molar-refractivity contribution in [1.29, 1.82) is 0 Å². The van der Waals surface area contributed by atoms with Crippen molar-refractivity contribution in [2.24, 2.45) is 13.0 Å². The van der Waals surface area contributed by atoms with E-state index in [9.17, 15) is 14.7 Å². The van der Waals surface area contributed by atoms with Crippen molar-refractivity contribution in [2.45, 2.75) is 76.2 Å². The third-order valence-electron chi connectivity index (χ3n) is 8.97. The molecule has 0 radical (unpaired) electrons. The van der Waals surface area contributed by atoms with Crippen molar-refractivity contribution < 1.29 is 24.2 Å². The number of fused-ring (bicyclic) bond motifs is 2. The number of amides is 2. The van der Waals surface area contributed by atoms with E-state index in [1.165, 1.54) is 0 Å². The van der Waals surface area contributed by atoms with E-state index in [-0.39, 0.29) is 12.0 Å². The molecule has 1 aromatic carbocycles. The van der Waals surface area contributed by atoms with Gasteiger partial charge in [-0.25, -0.2) is 14.6 Å². The molecule has 0 spiro atoms. The quantitative estimate of drug-likeness (QED) is 0.342. The number of nitrogens with one attached hydrogen (secondary N) is 1. The maximum atomic E-state index is 13.3. The second-order valence-corrected chi connectivity index (χ2v) is 14.0. The molecule has 1 saturated heterocycles. The lowest BCUT2D eigenvalue weighted by atomic mass is 9.72. The third kappa shape index (κ3) is 6.18. The minimum atomic E-state index is -1.52. The summed E-state index contributed by atoms with van der Waals surface area (Å²) in [6.45, 7) is 8.32. The van der Waals surface area contributed by atoms with Crippen LogP contribution in [0.5, 0.6) is 0 Å². The van der Waals surface area contributed by atoms with Crippen LogP contribution >= 0.6 is 11.6 Å². The Morgan fingerprint density at radius 2 is 1.91 bits per heavy atom. The summed E-state index contributed by atoms with van der Waals surface area (Å²) in [6.07, 6.45) is 8.82. The Kier molecular flexibility index (Phi) is 7.93. The number of aromatic nitrogens is 3. The van der Waals surface area contributed by atoms with Crippen molar-refractivity contribution in [3.63, 3.8) is 0 Å². The molecule has 2 fully saturated rings. The number of piperidine rings is 1. The van der Waals surface area contributed by atoms with Crippen LogP contribution in [-0.4, -0.2) is 61.0 Å². The molecule has 2 aromatic heterocycles. The Hall–Kier alpha value is -3.89. The molecule has 11 heteroatoms. The van der Waals surface area contributed by atoms with Crippen LogP contribution in [0.25, 0.3) is 11.6 Å². The van der Waals surface area contributed by atoms with Crippen LogP contribution in [-0.2, 0) is 22.1 Å². The summed E-state index contributed by atoms with van der Waals surface area (Å²) >= 11 is 6.64. The normalized spacial score (nSPS) is 21.5. The SMILES string of the molecule is Cn1cncc1C(NC(=O)OC1(C)CC1)C1=Cc2cccnc2C(O)(C2CCN(C(=O)OC(C)(C)C)CC2)c2ccc(Cl)cc21. The molecule has 2 amide bonds. The second kappa shape index (κ2) is 11.5. The van der Waals surface area contributed by atoms with Gasteiger partial charge in [0.15, 0.2) is 0 Å². The number of ether oxygens (including phenoxy) is 2. The second-order valence-electron chi connectivity index (χ2n) is 13.6. The Morgan fingerprint density at radius 3 is 2.56 bits per heavy atom. The van der Waals surface area contributed by atoms with Gasteiger partial charge in [0, 0.05) is 37.3 Å². The Morgan fingerprint density at radius 1 is 1.18 bits per heavy atom. The molecule has 1 saturated carbocycles. The van der Waals surface area contributed by atoms with Crippen molar-refractivity contribution in [2.75, 3.05) is 13.1 Å². The van der Waals surface area contributed by atoms with Gasteiger partial charge in [-0.1, -0.05) is 23.7 Å². The molecule has 0 bridgehead atoms. The highest BCUT2D eigenvalue weighted by Gasteiger charge is 2.48. The van der Waals surface area contributed by atoms with Gasteiger partial charge in [0.05, 0.1) is 30.0 Å². The number of hydrogen-bond acceptors (Lipinski definition) is 7. The molecule has 238 valence electrons. The molecule has 10 nitrogen and oxygen atoms in total. The zero-order valence-electron chi connectivity index (χ0n) is 26.3. The maximum absolute atomic E-state index is 13.3. The van der Waals surface area contributed by atoms with E-state index < -0.39 is 28.9 Å². The average molecular weight is 634 g/mol. The average Bonchev–Trinajstić information content (AvgIpc) is 3.58. The molecule has 2 atom stereocenters. The number of aryl methyl sites for hydroxylation is 1. The lowest BCUT2D eigenvalue weighted by Crippen LogP contribution is -2.47. The fourth-order valence-electron chi connectivity index (χ4n) is 6.38. The predicted molar refractivity (Wildman–Crippen MR) is 170 cm³/mol. The first-order valence-corrected chi connectivity index (χ1v) is 15.8. The lowest BCUT2D eigenvalue weighted by molar-refractivity contribution is -0.0262. The van der Waals surface area contributed by atoms with Crippen LogP contribution in [0, 0.1) is 5.92 Å². The van der Waals surface area contributed by atoms with Gasteiger partial charge < -0.3 is 29.4 Å². The lowest BCUT2D eigenvalue weighted by Gasteiger charge is -2.42. The van der Waals surface area contributed by atoms with Gasteiger partial charge in [0.2, 0.25) is 0 Å². The van der Waals surface area contributed by atoms with E-state index in [4.69, 9.17) is 26.1 Å². The molecule has 1 aliphatic heterocycles. The zero-order valence-corrected chi connectivity index (χ0v) is 27.1. The van der Waals surface area contributed by atoms with Crippen molar-refractivity contribution in [3.05, 3.63) is 82.2 Å². The number of pyridine rings is 1. The molecule has 3 aromatic rings. The molecule has 3 aliphatic rings. The summed E-state index contributed by atoms with van der Waals surface area (Å²) in [6, 6.07) is 8.50. The van der Waals surface area contributed by atoms with Gasteiger partial charge >= 0.3 is 12.2 Å². The molecule has 2 unspecified atom stereocenters. The third-order valence-corrected chi connectivity index (χ3v) is 9.20. The molecule has 2 aliphatic carbocycles. The highest BCUT2D eigenvalue weighted by molar-refractivity contribution is 6.30. The smallest absolute Gasteiger partial charge is 0.410 e. The molecular formula is C34H40ClN5O5. The topological polar surface area (TPSA) is 119 Å². The molecular weight excluding hydrogens is 594 g/mol. The molecule has 3 heterocycles. The number of carbonyl (C=O) groups excluding carboxylic acids is 2. The summed E-state index contributed by atoms with van der Waals surface area (Å²) in [5, 5.41) is 16.6. The number of rotatable bonds is 5. The van der Waals surface area contributed by atoms with Crippen LogP contribution in [0.1, 0.15) is 87.5 Å². The summed E-state index contributed by atoms with van der Waals surface area (Å²) in [5.74, 6) is -0.277. The number of benzene rings is 1. The zero-order chi connectivity index (χ0) is 32.1. The summed E-state index contributed by atoms with van der Waals surface area (Å²) in [4.78, 5) is 36.9. The van der Waals surface area contributed by atoms with Crippen LogP contribution in [0.15, 0.2) is 49.1 Å². The van der Waals surface area contributed by atoms with Gasteiger partial charge in [0.25, 0.3) is 0 Å². The van der Waals surface area contributed by atoms with Gasteiger partial charge in [-0.05, 0) is 99.9 Å². The number of likely N-dealkylation sites (tertiary alicyclic amines) is 1. The standard InChI is InChI=1S/C34H40ClN5O5/c1-32(2,3)45-31(42)40-15-10-22(11-16-40)34(43)26-9-8-23(35)18-24(26)25(17-21-7-6-14-37-29(21)34)28(27-19-36-20-39(27)5)38-30(41)44-33(4)12-13-33/h6-9,14,17-20,22,28,43H,10-13,15-16H2,1-5H3,(H,38,41). The number of nitrogens with zero attached hydrogens (tertiary/aromatic N) is 4. The Balaban J connectivity index is 1.44. The van der Waals surface area contributed by atoms with Crippen LogP contribution in [0.3, 0.4) is 0 Å². The first kappa shape index (κ1) is 31.1. The van der Waals surface area contributed by atoms with Gasteiger partial charge in [-0.15, -0.1) is 0 Å². The Bertz CT molecular complexity index is 1650. The van der Waals surface area contributed by atoms with E-state index in [1.54, 1.807) is 29.7 Å². The fraction of sp³-hybridized carbons (Fsp3) is 0.471. The molecule has 45 heavy (non-hydrogen) atoms. The Labute approximate surface area is 268 Å². The van der Waals surface area contributed by atoms with Crippen LogP contribution in [0.2, 0.25) is 5.02 Å². The van der Waals surface area contributed by atoms with Crippen molar-refractivity contribution in [3.8, 4) is 0 Å². The highest BCUT2D eigenvalue weighted by atomic mass is 35.5. The first-order valence-electron chi connectivity index (χ1n) is 15.4. The number of imidazole rings is 1. The van der Waals surface area contributed by atoms with E-state index >= 15 is 0 Å². The predicted octanol–water partition coefficient (Wildman–Crippen LogP) is 6.23. The van der Waals surface area contributed by atoms with E-state index in [2.05, 4.69) is 10.3 Å². The number of carbonyl (C=O) groups is 2. The minimum Gasteiger partial charge on any atom is -0.444 e. The largest absolute Gasteiger partial charge is 0.444 e. The first-order chi connectivity index (χ1) is 21.3. The number of halogens is 1. The fourth-order valence-corrected chi connectivity index (χ4v) is 6.55. The van der Waals surface area contributed by atoms with E-state index in [1.807, 2.05) is 69.7 Å². The summed E-state index contributed by atoms with van der Waals surface area (Å²) in [7, 11) is 1.87. The minimum absolute atomic E-state index is 0.277. The monoisotopic (exact) mass is 633 g/mol. The van der Waals surface area contributed by atoms with Gasteiger partial charge in [-0.3, -0.25) is 4.98 Å². The molecule has 6 rings (SSSR count). The van der Waals surface area contributed by atoms with Gasteiger partial charge in [0.1, 0.15) is 16.8 Å². The highest BCUT2D eigenvalue weighted by Crippen LogP contribution is 2.50. The number of hydrogen-bond donors (Lipinski definition) is 2. The number of aliphatic hydroxyl groups is 1.